The van der Waals surface area contributed by atoms with Crippen LogP contribution >= 0.6 is 8.58 Å². The van der Waals surface area contributed by atoms with E-state index >= 15 is 0 Å². The van der Waals surface area contributed by atoms with E-state index in [1.54, 1.807) is 5.30 Å². The Morgan fingerprint density at radius 2 is 0.788 bits per heavy atom. The third-order valence-electron chi connectivity index (χ3n) is 15.7. The van der Waals surface area contributed by atoms with Gasteiger partial charge in [-0.05, 0) is 96.3 Å². The lowest BCUT2D eigenvalue weighted by molar-refractivity contribution is -0.382. The molecule has 2 rings (SSSR count). The molecule has 390 valence electrons. The fourth-order valence-electron chi connectivity index (χ4n) is 12.7. The van der Waals surface area contributed by atoms with Crippen molar-refractivity contribution in [3.63, 3.8) is 0 Å². The van der Waals surface area contributed by atoms with E-state index in [9.17, 15) is 47.9 Å². The van der Waals surface area contributed by atoms with Gasteiger partial charge < -0.3 is 0 Å². The van der Waals surface area contributed by atoms with Crippen molar-refractivity contribution in [1.82, 2.24) is 0 Å². The highest BCUT2D eigenvalue weighted by molar-refractivity contribution is 7.87. The molecule has 2 atom stereocenters. The molecule has 0 heterocycles. The van der Waals surface area contributed by atoms with Crippen LogP contribution in [0.5, 0.6) is 0 Å². The Morgan fingerprint density at radius 1 is 0.470 bits per heavy atom. The quantitative estimate of drug-likeness (QED) is 0.0445. The molecule has 1 N–H and O–H groups in total. The Bertz CT molecular complexity index is 1560. The molecule has 1 aromatic rings. The van der Waals surface area contributed by atoms with Gasteiger partial charge in [0.25, 0.3) is 0 Å². The average Bonchev–Trinajstić information content (AvgIpc) is 3.26. The highest BCUT2D eigenvalue weighted by Crippen LogP contribution is 2.83. The Morgan fingerprint density at radius 3 is 1.12 bits per heavy atom. The maximum Gasteiger partial charge on any atom is 0.460 e. The van der Waals surface area contributed by atoms with E-state index < -0.39 is 33.4 Å². The van der Waals surface area contributed by atoms with Crippen molar-refractivity contribution < 1.29 is 52.5 Å². The second kappa shape index (κ2) is 27.5. The third kappa shape index (κ3) is 13.3. The standard InChI is InChI=1S/C48H89P.C4HF9O3S/c1-10-19-33-44(34-20-11-2)42-48(41-27-18-9,49-43-31-29-28-30-32-43)47(39-25-16-7,40-26-17-8)46(37-23-14-5,38-24-15-6)45(44,35-21-12-3)36-22-13-4;5-1(6,3(9,10)11)2(7,8)4(12,13)17(14,15)16/h28-32,49H,10-27,33-42H2,1-9H3;(H,14,15,16). The number of halogens is 9. The molecule has 0 saturated heterocycles. The van der Waals surface area contributed by atoms with Crippen LogP contribution in [0.2, 0.25) is 0 Å². The van der Waals surface area contributed by atoms with E-state index in [2.05, 4.69) is 92.6 Å². The molecule has 14 heteroatoms. The highest BCUT2D eigenvalue weighted by atomic mass is 32.2. The second-order valence-corrected chi connectivity index (χ2v) is 23.1. The minimum atomic E-state index is -7.37. The van der Waals surface area contributed by atoms with Gasteiger partial charge in [0.05, 0.1) is 0 Å². The topological polar surface area (TPSA) is 54.4 Å². The maximum absolute atomic E-state index is 12.2. The van der Waals surface area contributed by atoms with E-state index in [4.69, 9.17) is 4.55 Å². The monoisotopic (exact) mass is 997 g/mol. The second-order valence-electron chi connectivity index (χ2n) is 19.8. The average molecular weight is 997 g/mol. The molecule has 1 fully saturated rings. The van der Waals surface area contributed by atoms with Crippen molar-refractivity contribution in [2.75, 3.05) is 0 Å². The van der Waals surface area contributed by atoms with E-state index in [0.29, 0.717) is 26.8 Å². The Hall–Kier alpha value is -1.07. The summed E-state index contributed by atoms with van der Waals surface area (Å²) in [7, 11) is -6.22. The number of unbranched alkanes of at least 4 members (excludes halogenated alkanes) is 9. The van der Waals surface area contributed by atoms with Crippen molar-refractivity contribution in [3.8, 4) is 0 Å². The van der Waals surface area contributed by atoms with Gasteiger partial charge in [-0.2, -0.15) is 47.9 Å². The summed E-state index contributed by atoms with van der Waals surface area (Å²) >= 11 is 0. The molecule has 0 radical (unpaired) electrons. The molecular formula is C52H90F9O3PS. The van der Waals surface area contributed by atoms with E-state index in [0.717, 1.165) is 8.58 Å². The summed E-state index contributed by atoms with van der Waals surface area (Å²) in [5.41, 5.74) is 1.71. The molecule has 0 amide bonds. The lowest BCUT2D eigenvalue weighted by atomic mass is 9.29. The number of hydrogen-bond donors (Lipinski definition) is 1. The zero-order valence-electron chi connectivity index (χ0n) is 42.3. The van der Waals surface area contributed by atoms with Crippen LogP contribution in [0.25, 0.3) is 0 Å². The van der Waals surface area contributed by atoms with Gasteiger partial charge in [0, 0.05) is 0 Å². The zero-order chi connectivity index (χ0) is 50.6. The van der Waals surface area contributed by atoms with Crippen LogP contribution < -0.4 is 5.30 Å². The van der Waals surface area contributed by atoms with E-state index in [1.165, 1.54) is 180 Å². The van der Waals surface area contributed by atoms with Crippen LogP contribution in [0.3, 0.4) is 0 Å². The largest absolute Gasteiger partial charge is 0.460 e. The summed E-state index contributed by atoms with van der Waals surface area (Å²) in [6, 6.07) is 12.1. The zero-order valence-corrected chi connectivity index (χ0v) is 44.1. The Labute approximate surface area is 397 Å². The first kappa shape index (κ1) is 62.9. The van der Waals surface area contributed by atoms with Gasteiger partial charge in [-0.15, -0.1) is 0 Å². The first-order valence-electron chi connectivity index (χ1n) is 25.8. The lowest BCUT2D eigenvalue weighted by Gasteiger charge is -2.78. The van der Waals surface area contributed by atoms with E-state index in [-0.39, 0.29) is 0 Å². The molecule has 0 aromatic heterocycles. The molecule has 0 bridgehead atoms. The molecular weight excluding hydrogens is 907 g/mol. The Balaban J connectivity index is 0.00000108. The minimum Gasteiger partial charge on any atom is -0.281 e. The summed E-state index contributed by atoms with van der Waals surface area (Å²) in [5, 5.41) is -4.94. The molecule has 0 spiro atoms. The van der Waals surface area contributed by atoms with Crippen molar-refractivity contribution in [1.29, 1.82) is 0 Å². The molecule has 3 nitrogen and oxygen atoms in total. The SMILES string of the molecule is CCCCC1(CCCC)CC(CCCC)(Pc2ccccc2)C(CCCC)(CCCC)C(CCCC)(CCCC)C1(CCCC)CCCC.O=S(=O)(O)C(F)(F)C(F)(F)C(F)(F)C(F)(F)F. The van der Waals surface area contributed by atoms with Crippen molar-refractivity contribution in [2.45, 2.75) is 271 Å². The molecule has 1 saturated carbocycles. The summed E-state index contributed by atoms with van der Waals surface area (Å²) in [6.45, 7) is 22.6. The molecule has 2 unspecified atom stereocenters. The molecule has 1 aromatic carbocycles. The summed E-state index contributed by atoms with van der Waals surface area (Å²) in [6.07, 6.45) is 32.8. The molecule has 1 aliphatic carbocycles. The van der Waals surface area contributed by atoms with Crippen LogP contribution in [-0.4, -0.2) is 41.4 Å². The number of alkyl halides is 9. The molecule has 0 aliphatic heterocycles. The minimum absolute atomic E-state index is 0.388. The predicted octanol–water partition coefficient (Wildman–Crippen LogP) is 19.1. The number of hydrogen-bond acceptors (Lipinski definition) is 2. The highest BCUT2D eigenvalue weighted by Gasteiger charge is 2.85. The van der Waals surface area contributed by atoms with Crippen LogP contribution in [-0.2, 0) is 10.1 Å². The predicted molar refractivity (Wildman–Crippen MR) is 260 cm³/mol. The number of benzene rings is 1. The van der Waals surface area contributed by atoms with Crippen molar-refractivity contribution in [3.05, 3.63) is 30.3 Å². The van der Waals surface area contributed by atoms with Crippen molar-refractivity contribution in [2.24, 2.45) is 21.7 Å². The molecule has 66 heavy (non-hydrogen) atoms. The van der Waals surface area contributed by atoms with Crippen LogP contribution in [0.4, 0.5) is 39.5 Å². The fourth-order valence-corrected chi connectivity index (χ4v) is 15.5. The van der Waals surface area contributed by atoms with Gasteiger partial charge in [-0.1, -0.05) is 217 Å². The van der Waals surface area contributed by atoms with Crippen LogP contribution in [0, 0.1) is 21.7 Å². The summed E-state index contributed by atoms with van der Waals surface area (Å²) in [5.74, 6) is -14.7. The van der Waals surface area contributed by atoms with Crippen molar-refractivity contribution >= 4 is 24.0 Å². The van der Waals surface area contributed by atoms with E-state index in [1.807, 2.05) is 0 Å². The van der Waals surface area contributed by atoms with Crippen LogP contribution in [0.15, 0.2) is 30.3 Å². The Kier molecular flexibility index (Phi) is 26.2. The molecule has 1 aliphatic rings. The van der Waals surface area contributed by atoms with Crippen LogP contribution in [0.1, 0.15) is 242 Å². The fraction of sp³-hybridized carbons (Fsp3) is 0.885. The normalized spacial score (nSPS) is 19.8. The van der Waals surface area contributed by atoms with Gasteiger partial charge >= 0.3 is 33.4 Å². The third-order valence-corrected chi connectivity index (χ3v) is 18.6. The maximum atomic E-state index is 12.2. The van der Waals surface area contributed by atoms with Gasteiger partial charge in [0.15, 0.2) is 0 Å². The van der Waals surface area contributed by atoms with Gasteiger partial charge in [0.2, 0.25) is 0 Å². The first-order chi connectivity index (χ1) is 30.8. The summed E-state index contributed by atoms with van der Waals surface area (Å²) < 4.78 is 134. The lowest BCUT2D eigenvalue weighted by Crippen LogP contribution is -2.72. The van der Waals surface area contributed by atoms with Gasteiger partial charge in [-0.3, -0.25) is 4.55 Å². The smallest absolute Gasteiger partial charge is 0.281 e. The number of rotatable bonds is 32. The van der Waals surface area contributed by atoms with Gasteiger partial charge in [-0.25, -0.2) is 0 Å². The summed E-state index contributed by atoms with van der Waals surface area (Å²) in [4.78, 5) is 0. The van der Waals surface area contributed by atoms with Gasteiger partial charge in [0.1, 0.15) is 0 Å². The first-order valence-corrected chi connectivity index (χ1v) is 28.3.